The Morgan fingerprint density at radius 2 is 2.05 bits per heavy atom. The van der Waals surface area contributed by atoms with Crippen molar-refractivity contribution in [3.05, 3.63) is 35.9 Å². The maximum absolute atomic E-state index is 11.8. The molecule has 1 atom stereocenters. The van der Waals surface area contributed by atoms with E-state index in [9.17, 15) is 9.59 Å². The summed E-state index contributed by atoms with van der Waals surface area (Å²) >= 11 is 0. The number of ether oxygens (including phenoxy) is 1. The Kier molecular flexibility index (Phi) is 4.98. The molecule has 0 bridgehead atoms. The Hall–Kier alpha value is -2.30. The van der Waals surface area contributed by atoms with E-state index in [0.29, 0.717) is 5.92 Å². The third kappa shape index (κ3) is 4.95. The van der Waals surface area contributed by atoms with Crippen LogP contribution in [0, 0.1) is 5.92 Å². The highest BCUT2D eigenvalue weighted by molar-refractivity contribution is 5.92. The predicted molar refractivity (Wildman–Crippen MR) is 78.9 cm³/mol. The SMILES string of the molecule is COc1ccc(/C=C/C(=O)NC(CC(=O)O)C2CC2)cc1. The molecule has 0 saturated heterocycles. The van der Waals surface area contributed by atoms with Crippen molar-refractivity contribution >= 4 is 18.0 Å². The molecule has 1 aliphatic rings. The third-order valence-corrected chi connectivity index (χ3v) is 3.46. The van der Waals surface area contributed by atoms with Crippen molar-refractivity contribution < 1.29 is 19.4 Å². The number of amides is 1. The molecule has 0 spiro atoms. The Balaban J connectivity index is 1.89. The lowest BCUT2D eigenvalue weighted by molar-refractivity contribution is -0.137. The van der Waals surface area contributed by atoms with Gasteiger partial charge in [0.05, 0.1) is 13.5 Å². The van der Waals surface area contributed by atoms with Gasteiger partial charge in [-0.15, -0.1) is 0 Å². The number of hydrogen-bond donors (Lipinski definition) is 2. The summed E-state index contributed by atoms with van der Waals surface area (Å²) in [5.41, 5.74) is 0.882. The van der Waals surface area contributed by atoms with Crippen molar-refractivity contribution in [3.8, 4) is 5.75 Å². The molecule has 0 aliphatic heterocycles. The van der Waals surface area contributed by atoms with Crippen LogP contribution in [0.15, 0.2) is 30.3 Å². The standard InChI is InChI=1S/C16H19NO4/c1-21-13-7-2-11(3-8-13)4-9-15(18)17-14(10-16(19)20)12-5-6-12/h2-4,7-9,12,14H,5-6,10H2,1H3,(H,17,18)(H,19,20)/b9-4+. The molecule has 0 heterocycles. The predicted octanol–water partition coefficient (Wildman–Crippen LogP) is 2.08. The first-order chi connectivity index (χ1) is 10.1. The smallest absolute Gasteiger partial charge is 0.305 e. The Bertz CT molecular complexity index is 532. The van der Waals surface area contributed by atoms with E-state index in [1.165, 1.54) is 6.08 Å². The largest absolute Gasteiger partial charge is 0.497 e. The molecule has 1 fully saturated rings. The molecule has 112 valence electrons. The average Bonchev–Trinajstić information content (AvgIpc) is 3.29. The molecule has 1 saturated carbocycles. The summed E-state index contributed by atoms with van der Waals surface area (Å²) < 4.78 is 5.06. The second-order valence-electron chi connectivity index (χ2n) is 5.16. The van der Waals surface area contributed by atoms with Crippen LogP contribution in [-0.2, 0) is 9.59 Å². The fraction of sp³-hybridized carbons (Fsp3) is 0.375. The fourth-order valence-electron chi connectivity index (χ4n) is 2.14. The van der Waals surface area contributed by atoms with E-state index in [4.69, 9.17) is 9.84 Å². The lowest BCUT2D eigenvalue weighted by Crippen LogP contribution is -2.37. The van der Waals surface area contributed by atoms with Gasteiger partial charge in [-0.2, -0.15) is 0 Å². The molecule has 1 aromatic rings. The maximum atomic E-state index is 11.8. The number of carboxylic acid groups (broad SMARTS) is 1. The van der Waals surface area contributed by atoms with Crippen molar-refractivity contribution in [2.75, 3.05) is 7.11 Å². The normalized spacial score (nSPS) is 15.7. The molecule has 1 aromatic carbocycles. The van der Waals surface area contributed by atoms with Gasteiger partial charge in [-0.05, 0) is 42.5 Å². The zero-order valence-corrected chi connectivity index (χ0v) is 11.9. The number of benzene rings is 1. The van der Waals surface area contributed by atoms with Crippen LogP contribution in [0.5, 0.6) is 5.75 Å². The zero-order valence-electron chi connectivity index (χ0n) is 11.9. The summed E-state index contributed by atoms with van der Waals surface area (Å²) in [4.78, 5) is 22.6. The first-order valence-corrected chi connectivity index (χ1v) is 6.93. The van der Waals surface area contributed by atoms with E-state index in [2.05, 4.69) is 5.32 Å². The molecular formula is C16H19NO4. The number of carbonyl (C=O) groups is 2. The van der Waals surface area contributed by atoms with Crippen LogP contribution < -0.4 is 10.1 Å². The van der Waals surface area contributed by atoms with E-state index in [-0.39, 0.29) is 18.4 Å². The second-order valence-corrected chi connectivity index (χ2v) is 5.16. The monoisotopic (exact) mass is 289 g/mol. The maximum Gasteiger partial charge on any atom is 0.305 e. The van der Waals surface area contributed by atoms with E-state index in [0.717, 1.165) is 24.2 Å². The minimum Gasteiger partial charge on any atom is -0.497 e. The van der Waals surface area contributed by atoms with Crippen molar-refractivity contribution in [1.29, 1.82) is 0 Å². The van der Waals surface area contributed by atoms with Gasteiger partial charge >= 0.3 is 5.97 Å². The van der Waals surface area contributed by atoms with Gasteiger partial charge in [0.1, 0.15) is 5.75 Å². The van der Waals surface area contributed by atoms with Gasteiger partial charge in [-0.3, -0.25) is 9.59 Å². The minimum absolute atomic E-state index is 0.0210. The van der Waals surface area contributed by atoms with Crippen molar-refractivity contribution in [1.82, 2.24) is 5.32 Å². The summed E-state index contributed by atoms with van der Waals surface area (Å²) in [6.07, 6.45) is 5.08. The molecule has 1 unspecified atom stereocenters. The van der Waals surface area contributed by atoms with Crippen LogP contribution in [0.25, 0.3) is 6.08 Å². The number of aliphatic carboxylic acids is 1. The summed E-state index contributed by atoms with van der Waals surface area (Å²) in [6, 6.07) is 7.05. The molecular weight excluding hydrogens is 270 g/mol. The molecule has 0 radical (unpaired) electrons. The van der Waals surface area contributed by atoms with E-state index in [1.807, 2.05) is 24.3 Å². The van der Waals surface area contributed by atoms with Gasteiger partial charge < -0.3 is 15.2 Å². The molecule has 1 aliphatic carbocycles. The molecule has 21 heavy (non-hydrogen) atoms. The second kappa shape index (κ2) is 6.92. The topological polar surface area (TPSA) is 75.6 Å². The van der Waals surface area contributed by atoms with Gasteiger partial charge in [-0.1, -0.05) is 12.1 Å². The van der Waals surface area contributed by atoms with E-state index >= 15 is 0 Å². The number of hydrogen-bond acceptors (Lipinski definition) is 3. The van der Waals surface area contributed by atoms with Gasteiger partial charge in [-0.25, -0.2) is 0 Å². The highest BCUT2D eigenvalue weighted by atomic mass is 16.5. The lowest BCUT2D eigenvalue weighted by Gasteiger charge is -2.14. The zero-order chi connectivity index (χ0) is 15.2. The summed E-state index contributed by atoms with van der Waals surface area (Å²) in [6.45, 7) is 0. The Morgan fingerprint density at radius 3 is 2.57 bits per heavy atom. The Morgan fingerprint density at radius 1 is 1.38 bits per heavy atom. The van der Waals surface area contributed by atoms with E-state index < -0.39 is 5.97 Å². The van der Waals surface area contributed by atoms with Crippen molar-refractivity contribution in [2.24, 2.45) is 5.92 Å². The lowest BCUT2D eigenvalue weighted by atomic mass is 10.1. The highest BCUT2D eigenvalue weighted by Crippen LogP contribution is 2.34. The minimum atomic E-state index is -0.883. The molecule has 2 rings (SSSR count). The summed E-state index contributed by atoms with van der Waals surface area (Å²) in [7, 11) is 1.60. The fourth-order valence-corrected chi connectivity index (χ4v) is 2.14. The van der Waals surface area contributed by atoms with Gasteiger partial charge in [0.25, 0.3) is 0 Å². The van der Waals surface area contributed by atoms with Gasteiger partial charge in [0.2, 0.25) is 5.91 Å². The number of carboxylic acids is 1. The Labute approximate surface area is 123 Å². The van der Waals surface area contributed by atoms with Crippen LogP contribution in [0.2, 0.25) is 0 Å². The molecule has 0 aromatic heterocycles. The van der Waals surface area contributed by atoms with Crippen LogP contribution >= 0.6 is 0 Å². The molecule has 5 heteroatoms. The summed E-state index contributed by atoms with van der Waals surface area (Å²) in [5.74, 6) is -0.0819. The highest BCUT2D eigenvalue weighted by Gasteiger charge is 2.33. The summed E-state index contributed by atoms with van der Waals surface area (Å²) in [5, 5.41) is 11.6. The molecule has 2 N–H and O–H groups in total. The first kappa shape index (κ1) is 15.1. The quantitative estimate of drug-likeness (QED) is 0.754. The first-order valence-electron chi connectivity index (χ1n) is 6.93. The number of rotatable bonds is 7. The molecule has 5 nitrogen and oxygen atoms in total. The van der Waals surface area contributed by atoms with Crippen LogP contribution in [0.1, 0.15) is 24.8 Å². The molecule has 1 amide bonds. The third-order valence-electron chi connectivity index (χ3n) is 3.46. The number of carbonyl (C=O) groups excluding carboxylic acids is 1. The van der Waals surface area contributed by atoms with E-state index in [1.54, 1.807) is 13.2 Å². The van der Waals surface area contributed by atoms with Gasteiger partial charge in [0.15, 0.2) is 0 Å². The number of nitrogens with one attached hydrogen (secondary N) is 1. The number of methoxy groups -OCH3 is 1. The average molecular weight is 289 g/mol. The van der Waals surface area contributed by atoms with Crippen LogP contribution in [-0.4, -0.2) is 30.1 Å². The van der Waals surface area contributed by atoms with Crippen LogP contribution in [0.3, 0.4) is 0 Å². The van der Waals surface area contributed by atoms with Crippen molar-refractivity contribution in [3.63, 3.8) is 0 Å². The van der Waals surface area contributed by atoms with Crippen LogP contribution in [0.4, 0.5) is 0 Å². The van der Waals surface area contributed by atoms with Gasteiger partial charge in [0, 0.05) is 12.1 Å². The van der Waals surface area contributed by atoms with Crippen molar-refractivity contribution in [2.45, 2.75) is 25.3 Å².